The molecule has 0 spiro atoms. The van der Waals surface area contributed by atoms with Crippen LogP contribution in [0.1, 0.15) is 24.5 Å². The summed E-state index contributed by atoms with van der Waals surface area (Å²) in [4.78, 5) is 10.8. The van der Waals surface area contributed by atoms with Crippen LogP contribution in [0.5, 0.6) is 0 Å². The number of rotatable bonds is 5. The van der Waals surface area contributed by atoms with Gasteiger partial charge in [-0.25, -0.2) is 0 Å². The summed E-state index contributed by atoms with van der Waals surface area (Å²) in [5, 5.41) is 12.2. The zero-order valence-electron chi connectivity index (χ0n) is 11.3. The third-order valence-corrected chi connectivity index (χ3v) is 3.67. The predicted molar refractivity (Wildman–Crippen MR) is 73.0 cm³/mol. The lowest BCUT2D eigenvalue weighted by atomic mass is 9.97. The van der Waals surface area contributed by atoms with Crippen molar-refractivity contribution in [2.24, 2.45) is 5.92 Å². The van der Waals surface area contributed by atoms with Crippen LogP contribution in [0, 0.1) is 5.92 Å². The molecule has 0 aromatic heterocycles. The summed E-state index contributed by atoms with van der Waals surface area (Å²) in [7, 11) is 0. The van der Waals surface area contributed by atoms with Crippen LogP contribution in [-0.4, -0.2) is 30.3 Å². The Hall–Kier alpha value is -1.39. The zero-order chi connectivity index (χ0) is 13.7. The molecule has 19 heavy (non-hydrogen) atoms. The zero-order valence-corrected chi connectivity index (χ0v) is 11.3. The maximum Gasteiger partial charge on any atom is 0.307 e. The molecule has 4 nitrogen and oxygen atoms in total. The number of carboxylic acid groups (broad SMARTS) is 1. The van der Waals surface area contributed by atoms with Crippen molar-refractivity contribution in [1.82, 2.24) is 5.32 Å². The molecule has 0 bridgehead atoms. The first-order valence-corrected chi connectivity index (χ1v) is 6.77. The average molecular weight is 263 g/mol. The molecule has 2 rings (SSSR count). The average Bonchev–Trinajstić information content (AvgIpc) is 2.39. The van der Waals surface area contributed by atoms with E-state index in [2.05, 4.69) is 12.2 Å². The Bertz CT molecular complexity index is 433. The molecule has 104 valence electrons. The molecule has 1 aromatic rings. The van der Waals surface area contributed by atoms with E-state index in [-0.39, 0.29) is 12.5 Å². The lowest BCUT2D eigenvalue weighted by molar-refractivity contribution is -0.136. The second-order valence-corrected chi connectivity index (χ2v) is 5.16. The molecular formula is C15H21NO3. The lowest BCUT2D eigenvalue weighted by Crippen LogP contribution is -2.41. The highest BCUT2D eigenvalue weighted by Crippen LogP contribution is 2.18. The summed E-state index contributed by atoms with van der Waals surface area (Å²) in [6.07, 6.45) is 1.39. The van der Waals surface area contributed by atoms with E-state index in [1.54, 1.807) is 0 Å². The van der Waals surface area contributed by atoms with Crippen molar-refractivity contribution in [1.29, 1.82) is 0 Å². The summed E-state index contributed by atoms with van der Waals surface area (Å²) in [6.45, 7) is 4.62. The highest BCUT2D eigenvalue weighted by atomic mass is 16.5. The van der Waals surface area contributed by atoms with Crippen molar-refractivity contribution in [2.45, 2.75) is 32.5 Å². The van der Waals surface area contributed by atoms with E-state index in [0.29, 0.717) is 12.5 Å². The third-order valence-electron chi connectivity index (χ3n) is 3.67. The van der Waals surface area contributed by atoms with Crippen LogP contribution >= 0.6 is 0 Å². The molecule has 2 N–H and O–H groups in total. The lowest BCUT2D eigenvalue weighted by Gasteiger charge is -2.29. The molecule has 1 aromatic carbocycles. The van der Waals surface area contributed by atoms with Crippen molar-refractivity contribution in [3.63, 3.8) is 0 Å². The number of ether oxygens (including phenoxy) is 1. The van der Waals surface area contributed by atoms with E-state index < -0.39 is 5.97 Å². The van der Waals surface area contributed by atoms with Gasteiger partial charge in [-0.15, -0.1) is 0 Å². The molecule has 0 amide bonds. The molecule has 0 aliphatic carbocycles. The first-order chi connectivity index (χ1) is 9.16. The number of carboxylic acids is 1. The molecule has 0 radical (unpaired) electrons. The SMILES string of the molecule is CC1CCNCC1OCc1ccccc1CC(=O)O. The Kier molecular flexibility index (Phi) is 4.93. The first kappa shape index (κ1) is 14.0. The topological polar surface area (TPSA) is 58.6 Å². The van der Waals surface area contributed by atoms with Crippen molar-refractivity contribution in [3.8, 4) is 0 Å². The highest BCUT2D eigenvalue weighted by Gasteiger charge is 2.21. The van der Waals surface area contributed by atoms with Gasteiger partial charge >= 0.3 is 5.97 Å². The van der Waals surface area contributed by atoms with Gasteiger partial charge in [0.15, 0.2) is 0 Å². The van der Waals surface area contributed by atoms with Crippen LogP contribution in [-0.2, 0) is 22.6 Å². The summed E-state index contributed by atoms with van der Waals surface area (Å²) < 4.78 is 5.95. The van der Waals surface area contributed by atoms with E-state index in [0.717, 1.165) is 30.6 Å². The van der Waals surface area contributed by atoms with E-state index in [1.807, 2.05) is 24.3 Å². The van der Waals surface area contributed by atoms with Crippen LogP contribution in [0.25, 0.3) is 0 Å². The van der Waals surface area contributed by atoms with Gasteiger partial charge in [0.05, 0.1) is 19.1 Å². The standard InChI is InChI=1S/C15H21NO3/c1-11-6-7-16-9-14(11)19-10-13-5-3-2-4-12(13)8-15(17)18/h2-5,11,14,16H,6-10H2,1H3,(H,17,18). The maximum absolute atomic E-state index is 10.8. The fraction of sp³-hybridized carbons (Fsp3) is 0.533. The molecule has 2 unspecified atom stereocenters. The third kappa shape index (κ3) is 4.04. The molecular weight excluding hydrogens is 242 g/mol. The van der Waals surface area contributed by atoms with Crippen molar-refractivity contribution >= 4 is 5.97 Å². The fourth-order valence-electron chi connectivity index (χ4n) is 2.41. The summed E-state index contributed by atoms with van der Waals surface area (Å²) in [5.41, 5.74) is 1.81. The van der Waals surface area contributed by atoms with Gasteiger partial charge in [-0.05, 0) is 30.0 Å². The van der Waals surface area contributed by atoms with Crippen LogP contribution in [0.4, 0.5) is 0 Å². The van der Waals surface area contributed by atoms with Gasteiger partial charge < -0.3 is 15.2 Å². The van der Waals surface area contributed by atoms with Crippen molar-refractivity contribution in [3.05, 3.63) is 35.4 Å². The van der Waals surface area contributed by atoms with E-state index >= 15 is 0 Å². The molecule has 4 heteroatoms. The number of aliphatic carboxylic acids is 1. The number of piperidine rings is 1. The van der Waals surface area contributed by atoms with Crippen LogP contribution in [0.15, 0.2) is 24.3 Å². The largest absolute Gasteiger partial charge is 0.481 e. The molecule has 1 aliphatic rings. The molecule has 0 saturated carbocycles. The minimum atomic E-state index is -0.805. The summed E-state index contributed by atoms with van der Waals surface area (Å²) >= 11 is 0. The monoisotopic (exact) mass is 263 g/mol. The highest BCUT2D eigenvalue weighted by molar-refractivity contribution is 5.70. The number of hydrogen-bond acceptors (Lipinski definition) is 3. The normalized spacial score (nSPS) is 23.2. The van der Waals surface area contributed by atoms with Gasteiger partial charge in [-0.3, -0.25) is 4.79 Å². The number of benzene rings is 1. The Balaban J connectivity index is 1.96. The molecule has 1 saturated heterocycles. The minimum absolute atomic E-state index is 0.0536. The van der Waals surface area contributed by atoms with Crippen molar-refractivity contribution < 1.29 is 14.6 Å². The van der Waals surface area contributed by atoms with Gasteiger partial charge in [0.2, 0.25) is 0 Å². The number of carbonyl (C=O) groups is 1. The van der Waals surface area contributed by atoms with Gasteiger partial charge in [0.1, 0.15) is 0 Å². The smallest absolute Gasteiger partial charge is 0.307 e. The Labute approximate surface area is 113 Å². The van der Waals surface area contributed by atoms with E-state index in [4.69, 9.17) is 9.84 Å². The van der Waals surface area contributed by atoms with E-state index in [9.17, 15) is 4.79 Å². The second kappa shape index (κ2) is 6.68. The van der Waals surface area contributed by atoms with E-state index in [1.165, 1.54) is 0 Å². The van der Waals surface area contributed by atoms with Gasteiger partial charge in [-0.1, -0.05) is 31.2 Å². The van der Waals surface area contributed by atoms with Crippen LogP contribution in [0.2, 0.25) is 0 Å². The van der Waals surface area contributed by atoms with Gasteiger partial charge in [0.25, 0.3) is 0 Å². The Morgan fingerprint density at radius 2 is 2.16 bits per heavy atom. The fourth-order valence-corrected chi connectivity index (χ4v) is 2.41. The van der Waals surface area contributed by atoms with Crippen LogP contribution in [0.3, 0.4) is 0 Å². The molecule has 1 heterocycles. The van der Waals surface area contributed by atoms with Crippen molar-refractivity contribution in [2.75, 3.05) is 13.1 Å². The number of hydrogen-bond donors (Lipinski definition) is 2. The second-order valence-electron chi connectivity index (χ2n) is 5.16. The quantitative estimate of drug-likeness (QED) is 0.851. The first-order valence-electron chi connectivity index (χ1n) is 6.77. The van der Waals surface area contributed by atoms with Gasteiger partial charge in [0, 0.05) is 6.54 Å². The summed E-state index contributed by atoms with van der Waals surface area (Å²) in [6, 6.07) is 7.59. The predicted octanol–water partition coefficient (Wildman–Crippen LogP) is 1.83. The van der Waals surface area contributed by atoms with Crippen LogP contribution < -0.4 is 5.32 Å². The Morgan fingerprint density at radius 1 is 1.42 bits per heavy atom. The van der Waals surface area contributed by atoms with Gasteiger partial charge in [-0.2, -0.15) is 0 Å². The molecule has 1 aliphatic heterocycles. The minimum Gasteiger partial charge on any atom is -0.481 e. The number of nitrogens with one attached hydrogen (secondary N) is 1. The molecule has 2 atom stereocenters. The Morgan fingerprint density at radius 3 is 2.84 bits per heavy atom. The summed E-state index contributed by atoms with van der Waals surface area (Å²) in [5.74, 6) is -0.256. The maximum atomic E-state index is 10.8. The molecule has 1 fully saturated rings.